The van der Waals surface area contributed by atoms with Gasteiger partial charge in [-0.1, -0.05) is 39.5 Å². The number of unbranched alkanes of at least 4 members (excludes halogenated alkanes) is 3. The molecule has 0 fully saturated rings. The van der Waals surface area contributed by atoms with Crippen molar-refractivity contribution in [2.24, 2.45) is 11.7 Å². The third-order valence-electron chi connectivity index (χ3n) is 1.98. The van der Waals surface area contributed by atoms with E-state index in [0.717, 1.165) is 12.8 Å². The van der Waals surface area contributed by atoms with Crippen LogP contribution < -0.4 is 11.9 Å². The molecule has 1 amide bonds. The molecule has 0 heterocycles. The summed E-state index contributed by atoms with van der Waals surface area (Å²) in [4.78, 5) is 10.6. The highest BCUT2D eigenvalue weighted by molar-refractivity contribution is 5.76. The molecule has 74 valence electrons. The molecule has 5 N–H and O–H groups in total. The molecule has 0 rings (SSSR count). The van der Waals surface area contributed by atoms with Crippen molar-refractivity contribution in [3.05, 3.63) is 0 Å². The van der Waals surface area contributed by atoms with Crippen LogP contribution >= 0.6 is 0 Å². The van der Waals surface area contributed by atoms with E-state index in [4.69, 9.17) is 5.73 Å². The van der Waals surface area contributed by atoms with Gasteiger partial charge < -0.3 is 11.9 Å². The average molecular weight is 174 g/mol. The number of amides is 1. The summed E-state index contributed by atoms with van der Waals surface area (Å²) in [6, 6.07) is 0. The van der Waals surface area contributed by atoms with E-state index in [1.165, 1.54) is 19.3 Å². The van der Waals surface area contributed by atoms with Crippen LogP contribution in [0.5, 0.6) is 0 Å². The van der Waals surface area contributed by atoms with E-state index in [0.29, 0.717) is 0 Å². The van der Waals surface area contributed by atoms with Gasteiger partial charge >= 0.3 is 0 Å². The number of carbonyl (C=O) groups excluding carboxylic acids is 1. The van der Waals surface area contributed by atoms with Gasteiger partial charge in [-0.2, -0.15) is 0 Å². The summed E-state index contributed by atoms with van der Waals surface area (Å²) < 4.78 is 0. The van der Waals surface area contributed by atoms with Gasteiger partial charge in [0.2, 0.25) is 5.91 Å². The zero-order chi connectivity index (χ0) is 8.69. The predicted octanol–water partition coefficient (Wildman–Crippen LogP) is 2.24. The summed E-state index contributed by atoms with van der Waals surface area (Å²) in [6.45, 7) is 4.08. The molecule has 0 aliphatic rings. The summed E-state index contributed by atoms with van der Waals surface area (Å²) in [7, 11) is 0. The maximum Gasteiger partial charge on any atom is 0.220 e. The van der Waals surface area contributed by atoms with E-state index in [2.05, 4.69) is 6.92 Å². The minimum Gasteiger partial charge on any atom is -0.369 e. The summed E-state index contributed by atoms with van der Waals surface area (Å²) in [5.74, 6) is -0.103. The first-order valence-electron chi connectivity index (χ1n) is 4.47. The van der Waals surface area contributed by atoms with E-state index in [1.807, 2.05) is 6.92 Å². The van der Waals surface area contributed by atoms with Crippen molar-refractivity contribution >= 4 is 5.91 Å². The fourth-order valence-corrected chi connectivity index (χ4v) is 1.02. The minimum absolute atomic E-state index is 0. The number of rotatable bonds is 6. The lowest BCUT2D eigenvalue weighted by atomic mass is 10.0. The Morgan fingerprint density at radius 1 is 1.33 bits per heavy atom. The van der Waals surface area contributed by atoms with Gasteiger partial charge in [0.15, 0.2) is 0 Å². The van der Waals surface area contributed by atoms with Crippen LogP contribution in [0.3, 0.4) is 0 Å². The molecule has 0 aliphatic heterocycles. The van der Waals surface area contributed by atoms with Crippen LogP contribution in [-0.2, 0) is 4.79 Å². The molecule has 0 bridgehead atoms. The molecule has 12 heavy (non-hydrogen) atoms. The molecule has 0 aromatic carbocycles. The van der Waals surface area contributed by atoms with Crippen molar-refractivity contribution < 1.29 is 4.79 Å². The lowest BCUT2D eigenvalue weighted by Gasteiger charge is -2.05. The number of carbonyl (C=O) groups is 1. The maximum absolute atomic E-state index is 10.6. The fraction of sp³-hybridized carbons (Fsp3) is 0.889. The summed E-state index contributed by atoms with van der Waals surface area (Å²) in [5.41, 5.74) is 5.11. The third kappa shape index (κ3) is 7.54. The molecule has 3 nitrogen and oxygen atoms in total. The molecule has 0 aromatic heterocycles. The molecule has 0 saturated carbocycles. The topological polar surface area (TPSA) is 78.1 Å². The Hall–Kier alpha value is -0.570. The van der Waals surface area contributed by atoms with Gasteiger partial charge in [0.1, 0.15) is 0 Å². The van der Waals surface area contributed by atoms with Crippen LogP contribution in [0.15, 0.2) is 0 Å². The molecular formula is C9H22N2O. The zero-order valence-corrected chi connectivity index (χ0v) is 8.31. The Morgan fingerprint density at radius 2 is 1.92 bits per heavy atom. The minimum atomic E-state index is -0.165. The predicted molar refractivity (Wildman–Crippen MR) is 52.1 cm³/mol. The first kappa shape index (κ1) is 14.0. The first-order valence-corrected chi connectivity index (χ1v) is 4.47. The molecule has 1 atom stereocenters. The molecule has 0 aromatic rings. The number of primary amides is 1. The van der Waals surface area contributed by atoms with Gasteiger partial charge in [0, 0.05) is 5.92 Å². The molecule has 0 spiro atoms. The Kier molecular flexibility index (Phi) is 9.93. The van der Waals surface area contributed by atoms with Gasteiger partial charge in [-0.15, -0.1) is 0 Å². The van der Waals surface area contributed by atoms with Gasteiger partial charge in [0.05, 0.1) is 0 Å². The third-order valence-corrected chi connectivity index (χ3v) is 1.98. The van der Waals surface area contributed by atoms with Crippen molar-refractivity contribution in [3.8, 4) is 0 Å². The Morgan fingerprint density at radius 3 is 2.33 bits per heavy atom. The Bertz CT molecular complexity index is 115. The summed E-state index contributed by atoms with van der Waals surface area (Å²) in [6.07, 6.45) is 5.83. The Labute approximate surface area is 75.3 Å². The number of nitrogens with two attached hydrogens (primary N) is 1. The highest BCUT2D eigenvalue weighted by Gasteiger charge is 2.06. The van der Waals surface area contributed by atoms with Crippen LogP contribution in [0.2, 0.25) is 0 Å². The quantitative estimate of drug-likeness (QED) is 0.606. The molecule has 1 unspecified atom stereocenters. The maximum atomic E-state index is 10.6. The highest BCUT2D eigenvalue weighted by atomic mass is 16.1. The summed E-state index contributed by atoms with van der Waals surface area (Å²) in [5, 5.41) is 0. The second-order valence-electron chi connectivity index (χ2n) is 3.15. The number of hydrogen-bond acceptors (Lipinski definition) is 2. The van der Waals surface area contributed by atoms with Crippen molar-refractivity contribution in [1.29, 1.82) is 0 Å². The van der Waals surface area contributed by atoms with E-state index in [-0.39, 0.29) is 18.0 Å². The van der Waals surface area contributed by atoms with E-state index < -0.39 is 0 Å². The van der Waals surface area contributed by atoms with Gasteiger partial charge in [-0.05, 0) is 6.42 Å². The zero-order valence-electron chi connectivity index (χ0n) is 8.31. The Balaban J connectivity index is 0. The van der Waals surface area contributed by atoms with Crippen LogP contribution in [0.1, 0.15) is 46.0 Å². The molecular weight excluding hydrogens is 152 g/mol. The monoisotopic (exact) mass is 174 g/mol. The first-order chi connectivity index (χ1) is 5.18. The highest BCUT2D eigenvalue weighted by Crippen LogP contribution is 2.09. The van der Waals surface area contributed by atoms with Crippen LogP contribution in [0.4, 0.5) is 0 Å². The average Bonchev–Trinajstić information content (AvgIpc) is 1.97. The van der Waals surface area contributed by atoms with Crippen LogP contribution in [0, 0.1) is 5.92 Å². The van der Waals surface area contributed by atoms with E-state index >= 15 is 0 Å². The van der Waals surface area contributed by atoms with E-state index in [1.54, 1.807) is 0 Å². The van der Waals surface area contributed by atoms with Gasteiger partial charge in [-0.3, -0.25) is 4.79 Å². The molecule has 0 aliphatic carbocycles. The van der Waals surface area contributed by atoms with Crippen LogP contribution in [0.25, 0.3) is 0 Å². The van der Waals surface area contributed by atoms with Crippen LogP contribution in [-0.4, -0.2) is 5.91 Å². The largest absolute Gasteiger partial charge is 0.369 e. The second-order valence-corrected chi connectivity index (χ2v) is 3.15. The normalized spacial score (nSPS) is 11.8. The smallest absolute Gasteiger partial charge is 0.220 e. The molecule has 0 saturated heterocycles. The summed E-state index contributed by atoms with van der Waals surface area (Å²) >= 11 is 0. The van der Waals surface area contributed by atoms with Gasteiger partial charge in [-0.25, -0.2) is 0 Å². The van der Waals surface area contributed by atoms with E-state index in [9.17, 15) is 4.79 Å². The molecule has 0 radical (unpaired) electrons. The number of hydrogen-bond donors (Lipinski definition) is 2. The molecule has 3 heteroatoms. The standard InChI is InChI=1S/C9H19NO.H3N/c1-3-4-5-6-7-8(2)9(10)11;/h8H,3-7H2,1-2H3,(H2,10,11);1H3. The lowest BCUT2D eigenvalue weighted by molar-refractivity contribution is -0.121. The lowest BCUT2D eigenvalue weighted by Crippen LogP contribution is -2.20. The van der Waals surface area contributed by atoms with Crippen molar-refractivity contribution in [1.82, 2.24) is 6.15 Å². The van der Waals surface area contributed by atoms with Crippen molar-refractivity contribution in [2.75, 3.05) is 0 Å². The SMILES string of the molecule is CCCCCCC(C)C(N)=O.N. The van der Waals surface area contributed by atoms with Gasteiger partial charge in [0.25, 0.3) is 0 Å². The van der Waals surface area contributed by atoms with Crippen molar-refractivity contribution in [2.45, 2.75) is 46.0 Å². The fourth-order valence-electron chi connectivity index (χ4n) is 1.02. The van der Waals surface area contributed by atoms with Crippen molar-refractivity contribution in [3.63, 3.8) is 0 Å². The second kappa shape index (κ2) is 8.53.